The molecule has 2 aromatic rings. The standard InChI is InChI=1S/C10H9N3O4S.CH4O3S/c11-6-3-1-2-5-4-7(18-17-16-15)9(13-12)10(14)8(5)6;1-5(2,3)4/h1-4,12,14-15H,11H2;1H3,(H,2,3,4)/i/hD. The molecule has 2 rings (SSSR count). The third kappa shape index (κ3) is 5.63. The molecule has 0 bridgehead atoms. The molecule has 0 saturated carbocycles. The van der Waals surface area contributed by atoms with Gasteiger partial charge in [0, 0.05) is 11.1 Å². The van der Waals surface area contributed by atoms with Crippen molar-refractivity contribution in [2.24, 2.45) is 5.11 Å². The third-order valence-corrected chi connectivity index (χ3v) is 2.98. The summed E-state index contributed by atoms with van der Waals surface area (Å²) in [7, 11) is -3.67. The fraction of sp³-hybridized carbons (Fsp3) is 0.0909. The molecule has 0 radical (unpaired) electrons. The summed E-state index contributed by atoms with van der Waals surface area (Å²) in [5, 5.41) is 26.3. The van der Waals surface area contributed by atoms with Crippen LogP contribution in [0.2, 0.25) is 1.41 Å². The normalized spacial score (nSPS) is 12.0. The molecule has 0 spiro atoms. The molecule has 0 amide bonds. The lowest BCUT2D eigenvalue weighted by atomic mass is 10.1. The van der Waals surface area contributed by atoms with Gasteiger partial charge in [-0.05, 0) is 17.5 Å². The number of nitrogens with one attached hydrogen (secondary N) is 1. The van der Waals surface area contributed by atoms with Crippen molar-refractivity contribution < 1.29 is 34.1 Å². The van der Waals surface area contributed by atoms with Gasteiger partial charge in [0.15, 0.2) is 5.75 Å². The number of hydrogen-bond acceptors (Lipinski definition) is 10. The molecule has 0 fully saturated rings. The largest absolute Gasteiger partial charge is 0.505 e. The van der Waals surface area contributed by atoms with E-state index in [0.29, 0.717) is 39.7 Å². The molecular formula is C11H13N3O7S2. The van der Waals surface area contributed by atoms with Crippen LogP contribution < -0.4 is 5.73 Å². The molecule has 0 aromatic heterocycles. The number of nitrogen functional groups attached to an aromatic ring is 1. The van der Waals surface area contributed by atoms with E-state index >= 15 is 0 Å². The van der Waals surface area contributed by atoms with Crippen LogP contribution in [-0.4, -0.2) is 29.6 Å². The summed E-state index contributed by atoms with van der Waals surface area (Å²) in [6, 6.07) is 6.69. The van der Waals surface area contributed by atoms with E-state index in [-0.39, 0.29) is 11.4 Å². The Labute approximate surface area is 136 Å². The van der Waals surface area contributed by atoms with Gasteiger partial charge in [0.25, 0.3) is 10.1 Å². The number of anilines is 1. The molecule has 0 unspecified atom stereocenters. The minimum atomic E-state index is -3.67. The summed E-state index contributed by atoms with van der Waals surface area (Å²) >= 11 is 0.612. The first kappa shape index (κ1) is 17.4. The number of rotatable bonds is 4. The van der Waals surface area contributed by atoms with Crippen LogP contribution in [0.1, 0.15) is 0 Å². The van der Waals surface area contributed by atoms with Gasteiger partial charge in [-0.3, -0.25) is 4.55 Å². The van der Waals surface area contributed by atoms with Crippen LogP contribution >= 0.6 is 12.0 Å². The zero-order chi connectivity index (χ0) is 18.3. The highest BCUT2D eigenvalue weighted by atomic mass is 32.2. The molecule has 23 heavy (non-hydrogen) atoms. The van der Waals surface area contributed by atoms with Gasteiger partial charge in [0.05, 0.1) is 23.2 Å². The molecule has 0 aliphatic rings. The van der Waals surface area contributed by atoms with Gasteiger partial charge in [0.1, 0.15) is 5.69 Å². The number of nitrogens with two attached hydrogens (primary N) is 1. The first-order valence-electron chi connectivity index (χ1n) is 6.10. The van der Waals surface area contributed by atoms with Crippen molar-refractivity contribution in [2.45, 2.75) is 4.90 Å². The van der Waals surface area contributed by atoms with Crippen LogP contribution in [-0.2, 0) is 19.5 Å². The Bertz CT molecular complexity index is 837. The van der Waals surface area contributed by atoms with Gasteiger partial charge in [-0.2, -0.15) is 13.5 Å². The van der Waals surface area contributed by atoms with Crippen LogP contribution in [0, 0.1) is 5.52 Å². The Hall–Kier alpha value is -1.96. The van der Waals surface area contributed by atoms with Gasteiger partial charge >= 0.3 is 0 Å². The summed E-state index contributed by atoms with van der Waals surface area (Å²) in [5.74, 6) is -0.226. The fourth-order valence-electron chi connectivity index (χ4n) is 1.64. The van der Waals surface area contributed by atoms with Crippen molar-refractivity contribution in [1.82, 2.24) is 0 Å². The average molecular weight is 364 g/mol. The van der Waals surface area contributed by atoms with Crippen LogP contribution in [0.15, 0.2) is 34.3 Å². The number of nitrogens with zero attached hydrogens (tertiary/aromatic N) is 1. The number of hydrogen-bond donors (Lipinski definition) is 5. The molecular weight excluding hydrogens is 350 g/mol. The molecule has 10 nitrogen and oxygen atoms in total. The van der Waals surface area contributed by atoms with Crippen molar-refractivity contribution in [1.29, 1.82) is 5.52 Å². The molecule has 0 atom stereocenters. The van der Waals surface area contributed by atoms with Gasteiger partial charge < -0.3 is 10.8 Å². The van der Waals surface area contributed by atoms with Crippen LogP contribution in [0.5, 0.6) is 5.75 Å². The predicted octanol–water partition coefficient (Wildman–Crippen LogP) is 2.72. The maximum absolute atomic E-state index is 10.2. The van der Waals surface area contributed by atoms with E-state index in [9.17, 15) is 13.5 Å². The highest BCUT2D eigenvalue weighted by molar-refractivity contribution is 7.94. The minimum absolute atomic E-state index is 0.00227. The summed E-state index contributed by atoms with van der Waals surface area (Å²) in [6.45, 7) is 0. The van der Waals surface area contributed by atoms with Gasteiger partial charge in [0.2, 0.25) is 1.41 Å². The van der Waals surface area contributed by atoms with E-state index in [2.05, 4.69) is 20.0 Å². The molecule has 0 aliphatic heterocycles. The van der Waals surface area contributed by atoms with Gasteiger partial charge in [-0.1, -0.05) is 17.2 Å². The maximum Gasteiger partial charge on any atom is 0.261 e. The molecule has 126 valence electrons. The van der Waals surface area contributed by atoms with E-state index < -0.39 is 10.1 Å². The second kappa shape index (κ2) is 8.05. The Morgan fingerprint density at radius 1 is 1.48 bits per heavy atom. The van der Waals surface area contributed by atoms with Crippen LogP contribution in [0.3, 0.4) is 0 Å². The Morgan fingerprint density at radius 3 is 2.70 bits per heavy atom. The molecule has 0 heterocycles. The van der Waals surface area contributed by atoms with E-state index in [1.807, 2.05) is 0 Å². The zero-order valence-corrected chi connectivity index (χ0v) is 13.2. The van der Waals surface area contributed by atoms with Crippen LogP contribution in [0.25, 0.3) is 10.8 Å². The van der Waals surface area contributed by atoms with Crippen molar-refractivity contribution in [3.63, 3.8) is 0 Å². The summed E-state index contributed by atoms with van der Waals surface area (Å²) in [5.41, 5.74) is 9.03. The number of phenols is 1. The first-order valence-corrected chi connectivity index (χ1v) is 8.24. The zero-order valence-electron chi connectivity index (χ0n) is 12.6. The third-order valence-electron chi connectivity index (χ3n) is 2.36. The molecule has 12 heteroatoms. The lowest BCUT2D eigenvalue weighted by molar-refractivity contribution is -0.432. The molecule has 2 aromatic carbocycles. The number of benzene rings is 2. The molecule has 0 saturated heterocycles. The van der Waals surface area contributed by atoms with Crippen molar-refractivity contribution >= 4 is 44.3 Å². The van der Waals surface area contributed by atoms with Crippen molar-refractivity contribution in [2.75, 3.05) is 12.0 Å². The highest BCUT2D eigenvalue weighted by Gasteiger charge is 2.15. The predicted molar refractivity (Wildman–Crippen MR) is 83.0 cm³/mol. The average Bonchev–Trinajstić information content (AvgIpc) is 2.46. The lowest BCUT2D eigenvalue weighted by Gasteiger charge is -2.09. The van der Waals surface area contributed by atoms with Crippen molar-refractivity contribution in [3.8, 4) is 5.75 Å². The first-order chi connectivity index (χ1) is 11.2. The van der Waals surface area contributed by atoms with E-state index in [1.165, 1.54) is 0 Å². The SMILES string of the molecule is CS(=O)(=O)O.[2H]N=Nc1c(SOOO)cc2cccc(N)c2c1O. The van der Waals surface area contributed by atoms with Crippen molar-refractivity contribution in [3.05, 3.63) is 24.3 Å². The summed E-state index contributed by atoms with van der Waals surface area (Å²) in [4.78, 5) is 0.306. The summed E-state index contributed by atoms with van der Waals surface area (Å²) < 4.78 is 36.9. The highest BCUT2D eigenvalue weighted by Crippen LogP contribution is 2.44. The number of fused-ring (bicyclic) bond motifs is 1. The maximum atomic E-state index is 10.2. The fourth-order valence-corrected chi connectivity index (χ4v) is 2.13. The van der Waals surface area contributed by atoms with Crippen LogP contribution in [0.4, 0.5) is 11.4 Å². The minimum Gasteiger partial charge on any atom is -0.505 e. The quantitative estimate of drug-likeness (QED) is 0.136. The Kier molecular flexibility index (Phi) is 6.09. The molecule has 0 aliphatic carbocycles. The second-order valence-corrected chi connectivity index (χ2v) is 6.28. The number of phenolic OH excluding ortho intramolecular Hbond substituents is 1. The Morgan fingerprint density at radius 2 is 2.13 bits per heavy atom. The Balaban J connectivity index is 0.000000505. The summed E-state index contributed by atoms with van der Waals surface area (Å²) in [6.07, 6.45) is 0.715. The lowest BCUT2D eigenvalue weighted by Crippen LogP contribution is -1.89. The van der Waals surface area contributed by atoms with E-state index in [1.54, 1.807) is 24.3 Å². The monoisotopic (exact) mass is 364 g/mol. The number of aromatic hydroxyl groups is 1. The molecule has 6 N–H and O–H groups in total. The topological polar surface area (TPSA) is 176 Å². The van der Waals surface area contributed by atoms with E-state index in [4.69, 9.17) is 17.0 Å². The van der Waals surface area contributed by atoms with E-state index in [0.717, 1.165) is 0 Å². The van der Waals surface area contributed by atoms with Gasteiger partial charge in [-0.15, -0.1) is 4.33 Å². The second-order valence-electron chi connectivity index (χ2n) is 4.08. The van der Waals surface area contributed by atoms with Gasteiger partial charge in [-0.25, -0.2) is 10.8 Å². The smallest absolute Gasteiger partial charge is 0.261 e.